The quantitative estimate of drug-likeness (QED) is 0.424. The summed E-state index contributed by atoms with van der Waals surface area (Å²) in [6.07, 6.45) is 11.6. The minimum atomic E-state index is 0. The van der Waals surface area contributed by atoms with Crippen molar-refractivity contribution in [1.82, 2.24) is 0 Å². The van der Waals surface area contributed by atoms with Crippen LogP contribution in [-0.4, -0.2) is 17.7 Å². The first-order chi connectivity index (χ1) is 5.41. The molecule has 0 unspecified atom stereocenters. The van der Waals surface area contributed by atoms with Gasteiger partial charge in [0.1, 0.15) is 0 Å². The average Bonchev–Trinajstić information content (AvgIpc) is 2.03. The predicted molar refractivity (Wildman–Crippen MR) is 53.2 cm³/mol. The second kappa shape index (κ2) is 14.6. The normalized spacial score (nSPS) is 9.58. The van der Waals surface area contributed by atoms with E-state index in [0.717, 1.165) is 0 Å². The standard InChI is InChI=1S/C10H21.Cu.Li/c1-3-5-7-9-10-8-6-4-2;;/h1,3-10H2,2H3;;. The van der Waals surface area contributed by atoms with Crippen molar-refractivity contribution in [3.05, 3.63) is 0 Å². The van der Waals surface area contributed by atoms with Gasteiger partial charge < -0.3 is 0 Å². The van der Waals surface area contributed by atoms with Crippen molar-refractivity contribution < 1.29 is 17.1 Å². The van der Waals surface area contributed by atoms with E-state index in [0.29, 0.717) is 0 Å². The van der Waals surface area contributed by atoms with Crippen LogP contribution in [0.5, 0.6) is 0 Å². The Labute approximate surface area is 97.9 Å². The molecule has 0 saturated carbocycles. The van der Waals surface area contributed by atoms with Crippen LogP contribution < -0.4 is 0 Å². The van der Waals surface area contributed by atoms with Gasteiger partial charge in [-0.15, -0.1) is 0 Å². The van der Waals surface area contributed by atoms with Crippen molar-refractivity contribution in [2.75, 3.05) is 0 Å². The van der Waals surface area contributed by atoms with Crippen molar-refractivity contribution in [3.8, 4) is 0 Å². The Bertz CT molecular complexity index is 58.9. The van der Waals surface area contributed by atoms with Crippen molar-refractivity contribution in [1.29, 1.82) is 0 Å². The van der Waals surface area contributed by atoms with Crippen LogP contribution in [0, 0.1) is 0 Å². The third-order valence-corrected chi connectivity index (χ3v) is 2.21. The van der Waals surface area contributed by atoms with E-state index in [1.165, 1.54) is 56.5 Å². The Morgan fingerprint density at radius 1 is 0.750 bits per heavy atom. The van der Waals surface area contributed by atoms with E-state index in [1.807, 2.05) is 0 Å². The van der Waals surface area contributed by atoms with E-state index >= 15 is 0 Å². The van der Waals surface area contributed by atoms with Gasteiger partial charge in [0.2, 0.25) is 0 Å². The fourth-order valence-electron chi connectivity index (χ4n) is 1.38. The topological polar surface area (TPSA) is 0 Å². The first-order valence-corrected chi connectivity index (χ1v) is 5.41. The van der Waals surface area contributed by atoms with Crippen LogP contribution in [0.1, 0.15) is 58.3 Å². The number of unbranched alkanes of at least 4 members (excludes halogenated alkanes) is 7. The van der Waals surface area contributed by atoms with E-state index in [1.54, 1.807) is 0 Å². The first kappa shape index (κ1) is 15.6. The molecule has 73 valence electrons. The zero-order chi connectivity index (χ0) is 8.36. The van der Waals surface area contributed by atoms with E-state index in [9.17, 15) is 0 Å². The summed E-state index contributed by atoms with van der Waals surface area (Å²) >= 11 is 2.27. The second-order valence-electron chi connectivity index (χ2n) is 3.47. The van der Waals surface area contributed by atoms with E-state index in [4.69, 9.17) is 0 Å². The van der Waals surface area contributed by atoms with Gasteiger partial charge in [-0.3, -0.25) is 0 Å². The maximum atomic E-state index is 2.27. The fraction of sp³-hybridized carbons (Fsp3) is 1.00. The molecule has 0 aromatic carbocycles. The molecule has 0 rings (SSSR count). The molecule has 0 fully saturated rings. The van der Waals surface area contributed by atoms with Gasteiger partial charge in [0.05, 0.1) is 0 Å². The third kappa shape index (κ3) is 13.7. The van der Waals surface area contributed by atoms with Crippen molar-refractivity contribution in [2.45, 2.75) is 63.4 Å². The van der Waals surface area contributed by atoms with Crippen molar-refractivity contribution in [2.24, 2.45) is 0 Å². The number of rotatable bonds is 8. The van der Waals surface area contributed by atoms with Crippen LogP contribution in [0.2, 0.25) is 5.09 Å². The van der Waals surface area contributed by atoms with Crippen LogP contribution in [-0.2, 0) is 17.1 Å². The number of hydrogen-bond acceptors (Lipinski definition) is 0. The first-order valence-electron chi connectivity index (χ1n) is 5.41. The van der Waals surface area contributed by atoms with Crippen molar-refractivity contribution in [3.63, 3.8) is 0 Å². The summed E-state index contributed by atoms with van der Waals surface area (Å²) in [6.45, 7) is 2.27. The van der Waals surface area contributed by atoms with Crippen LogP contribution in [0.4, 0.5) is 0 Å². The molecule has 2 heteroatoms. The van der Waals surface area contributed by atoms with Crippen molar-refractivity contribution >= 4 is 17.7 Å². The zero-order valence-corrected chi connectivity index (χ0v) is 9.61. The average molecular weight is 212 g/mol. The molecule has 0 amide bonds. The SMILES string of the molecule is [Cu].[Li][CH2]CCCCCCCCC. The van der Waals surface area contributed by atoms with Gasteiger partial charge in [-0.1, -0.05) is 0 Å². The summed E-state index contributed by atoms with van der Waals surface area (Å²) in [5, 5.41) is 1.37. The summed E-state index contributed by atoms with van der Waals surface area (Å²) in [5.74, 6) is 0. The van der Waals surface area contributed by atoms with Gasteiger partial charge in [0.15, 0.2) is 0 Å². The Kier molecular flexibility index (Phi) is 19.0. The molecular formula is C10H21CuLi. The van der Waals surface area contributed by atoms with Gasteiger partial charge in [-0.25, -0.2) is 0 Å². The van der Waals surface area contributed by atoms with Crippen LogP contribution in [0.25, 0.3) is 0 Å². The maximum absolute atomic E-state index is 2.27. The van der Waals surface area contributed by atoms with Gasteiger partial charge in [0, 0.05) is 17.1 Å². The molecule has 0 aliphatic rings. The monoisotopic (exact) mass is 211 g/mol. The molecule has 0 bridgehead atoms. The molecule has 1 radical (unpaired) electrons. The van der Waals surface area contributed by atoms with Gasteiger partial charge in [-0.2, -0.15) is 0 Å². The summed E-state index contributed by atoms with van der Waals surface area (Å²) in [6, 6.07) is 0. The Balaban J connectivity index is 0. The molecule has 0 saturated heterocycles. The molecule has 0 aromatic rings. The Hall–Kier alpha value is 1.12. The molecule has 12 heavy (non-hydrogen) atoms. The predicted octanol–water partition coefficient (Wildman–Crippen LogP) is 3.71. The molecule has 0 atom stereocenters. The second-order valence-corrected chi connectivity index (χ2v) is 3.47. The molecule has 0 aliphatic heterocycles. The van der Waals surface area contributed by atoms with Gasteiger partial charge >= 0.3 is 81.1 Å². The number of hydrogen-bond donors (Lipinski definition) is 0. The molecule has 0 N–H and O–H groups in total. The molecule has 0 heterocycles. The van der Waals surface area contributed by atoms with Gasteiger partial charge in [0.25, 0.3) is 0 Å². The zero-order valence-electron chi connectivity index (χ0n) is 8.67. The van der Waals surface area contributed by atoms with Crippen LogP contribution in [0.15, 0.2) is 0 Å². The van der Waals surface area contributed by atoms with E-state index in [2.05, 4.69) is 24.6 Å². The molecule has 0 aromatic heterocycles. The Morgan fingerprint density at radius 2 is 1.17 bits per heavy atom. The molecule has 0 aliphatic carbocycles. The molecular weight excluding hydrogens is 191 g/mol. The van der Waals surface area contributed by atoms with E-state index in [-0.39, 0.29) is 17.1 Å². The minimum absolute atomic E-state index is 0. The van der Waals surface area contributed by atoms with Gasteiger partial charge in [-0.05, 0) is 0 Å². The fourth-order valence-corrected chi connectivity index (χ4v) is 1.38. The van der Waals surface area contributed by atoms with E-state index < -0.39 is 0 Å². The summed E-state index contributed by atoms with van der Waals surface area (Å²) < 4.78 is 0. The summed E-state index contributed by atoms with van der Waals surface area (Å²) in [4.78, 5) is 0. The van der Waals surface area contributed by atoms with Crippen LogP contribution in [0.3, 0.4) is 0 Å². The third-order valence-electron chi connectivity index (χ3n) is 2.21. The summed E-state index contributed by atoms with van der Waals surface area (Å²) in [5.41, 5.74) is 0. The molecule has 0 spiro atoms. The molecule has 0 nitrogen and oxygen atoms in total. The van der Waals surface area contributed by atoms with Crippen LogP contribution >= 0.6 is 0 Å². The Morgan fingerprint density at radius 3 is 1.58 bits per heavy atom. The summed E-state index contributed by atoms with van der Waals surface area (Å²) in [7, 11) is 0.